The highest BCUT2D eigenvalue weighted by Gasteiger charge is 2.09. The molecule has 0 amide bonds. The normalized spacial score (nSPS) is 10.5. The molecule has 0 saturated carbocycles. The monoisotopic (exact) mass is 282 g/mol. The van der Waals surface area contributed by atoms with Gasteiger partial charge in [-0.15, -0.1) is 11.6 Å². The van der Waals surface area contributed by atoms with Crippen LogP contribution >= 0.6 is 27.5 Å². The lowest BCUT2D eigenvalue weighted by Crippen LogP contribution is -2.01. The van der Waals surface area contributed by atoms with E-state index in [1.54, 1.807) is 6.07 Å². The van der Waals surface area contributed by atoms with Crippen LogP contribution in [-0.2, 0) is 0 Å². The molecule has 3 heteroatoms. The summed E-state index contributed by atoms with van der Waals surface area (Å²) < 4.78 is 0.990. The van der Waals surface area contributed by atoms with Crippen molar-refractivity contribution >= 4 is 44.1 Å². The lowest BCUT2D eigenvalue weighted by atomic mass is 10.0. The molecule has 2 aromatic carbocycles. The van der Waals surface area contributed by atoms with Crippen LogP contribution in [-0.4, -0.2) is 11.7 Å². The lowest BCUT2D eigenvalue weighted by molar-refractivity contribution is 0.102. The van der Waals surface area contributed by atoms with Crippen molar-refractivity contribution in [3.8, 4) is 0 Å². The zero-order valence-corrected chi connectivity index (χ0v) is 10.2. The lowest BCUT2D eigenvalue weighted by Gasteiger charge is -2.05. The van der Waals surface area contributed by atoms with Crippen LogP contribution in [0, 0.1) is 0 Å². The molecular weight excluding hydrogens is 275 g/mol. The highest BCUT2D eigenvalue weighted by Crippen LogP contribution is 2.27. The van der Waals surface area contributed by atoms with Gasteiger partial charge in [-0.2, -0.15) is 0 Å². The van der Waals surface area contributed by atoms with Gasteiger partial charge in [0.25, 0.3) is 0 Å². The summed E-state index contributed by atoms with van der Waals surface area (Å²) in [6, 6.07) is 11.4. The molecule has 0 saturated heterocycles. The molecule has 0 atom stereocenters. The number of alkyl halides is 1. The van der Waals surface area contributed by atoms with E-state index in [1.807, 2.05) is 30.3 Å². The number of hydrogen-bond donors (Lipinski definition) is 0. The van der Waals surface area contributed by atoms with Gasteiger partial charge in [0.05, 0.1) is 5.88 Å². The Labute approximate surface area is 101 Å². The third kappa shape index (κ3) is 1.92. The molecule has 0 radical (unpaired) electrons. The van der Waals surface area contributed by atoms with Gasteiger partial charge in [-0.3, -0.25) is 4.79 Å². The summed E-state index contributed by atoms with van der Waals surface area (Å²) in [5.74, 6) is -0.0219. The standard InChI is InChI=1S/C12H8BrClO/c13-11-6-5-10(12(15)7-14)8-3-1-2-4-9(8)11/h1-6H,7H2. The summed E-state index contributed by atoms with van der Waals surface area (Å²) in [6.45, 7) is 0. The molecule has 0 aliphatic carbocycles. The van der Waals surface area contributed by atoms with Crippen molar-refractivity contribution in [2.24, 2.45) is 0 Å². The average molecular weight is 284 g/mol. The van der Waals surface area contributed by atoms with Crippen molar-refractivity contribution in [1.29, 1.82) is 0 Å². The number of carbonyl (C=O) groups excluding carboxylic acids is 1. The van der Waals surface area contributed by atoms with Crippen molar-refractivity contribution in [1.82, 2.24) is 0 Å². The Morgan fingerprint density at radius 1 is 1.13 bits per heavy atom. The second kappa shape index (κ2) is 4.33. The molecule has 0 bridgehead atoms. The molecule has 0 fully saturated rings. The molecule has 0 aromatic heterocycles. The quantitative estimate of drug-likeness (QED) is 0.601. The number of hydrogen-bond acceptors (Lipinski definition) is 1. The van der Waals surface area contributed by atoms with Crippen molar-refractivity contribution in [2.75, 3.05) is 5.88 Å². The summed E-state index contributed by atoms with van der Waals surface area (Å²) >= 11 is 9.02. The molecule has 76 valence electrons. The number of fused-ring (bicyclic) bond motifs is 1. The van der Waals surface area contributed by atoms with E-state index in [1.165, 1.54) is 0 Å². The highest BCUT2D eigenvalue weighted by molar-refractivity contribution is 9.10. The number of carbonyl (C=O) groups is 1. The molecule has 15 heavy (non-hydrogen) atoms. The minimum Gasteiger partial charge on any atom is -0.293 e. The van der Waals surface area contributed by atoms with Crippen LogP contribution in [0.5, 0.6) is 0 Å². The Kier molecular flexibility index (Phi) is 3.08. The van der Waals surface area contributed by atoms with Gasteiger partial charge >= 0.3 is 0 Å². The Morgan fingerprint density at radius 3 is 2.47 bits per heavy atom. The van der Waals surface area contributed by atoms with Gasteiger partial charge in [0.15, 0.2) is 5.78 Å². The largest absolute Gasteiger partial charge is 0.293 e. The van der Waals surface area contributed by atoms with Crippen molar-refractivity contribution < 1.29 is 4.79 Å². The Morgan fingerprint density at radius 2 is 1.80 bits per heavy atom. The average Bonchev–Trinajstić information content (AvgIpc) is 2.29. The first-order chi connectivity index (χ1) is 7.24. The summed E-state index contributed by atoms with van der Waals surface area (Å²) in [7, 11) is 0. The summed E-state index contributed by atoms with van der Waals surface area (Å²) in [4.78, 5) is 11.6. The van der Waals surface area contributed by atoms with Crippen LogP contribution < -0.4 is 0 Å². The van der Waals surface area contributed by atoms with E-state index < -0.39 is 0 Å². The summed E-state index contributed by atoms with van der Waals surface area (Å²) in [5, 5.41) is 1.98. The fourth-order valence-electron chi connectivity index (χ4n) is 1.58. The van der Waals surface area contributed by atoms with Crippen LogP contribution in [0.25, 0.3) is 10.8 Å². The Bertz CT molecular complexity index is 522. The van der Waals surface area contributed by atoms with E-state index in [2.05, 4.69) is 15.9 Å². The molecule has 0 N–H and O–H groups in total. The summed E-state index contributed by atoms with van der Waals surface area (Å²) in [6.07, 6.45) is 0. The SMILES string of the molecule is O=C(CCl)c1ccc(Br)c2ccccc12. The maximum absolute atomic E-state index is 11.6. The molecule has 0 heterocycles. The predicted molar refractivity (Wildman–Crippen MR) is 66.7 cm³/mol. The molecule has 1 nitrogen and oxygen atoms in total. The van der Waals surface area contributed by atoms with Gasteiger partial charge in [-0.05, 0) is 22.9 Å². The smallest absolute Gasteiger partial charge is 0.178 e. The zero-order valence-electron chi connectivity index (χ0n) is 7.84. The first-order valence-electron chi connectivity index (χ1n) is 4.50. The first-order valence-corrected chi connectivity index (χ1v) is 5.83. The number of rotatable bonds is 2. The topological polar surface area (TPSA) is 17.1 Å². The van der Waals surface area contributed by atoms with Crippen LogP contribution in [0.2, 0.25) is 0 Å². The van der Waals surface area contributed by atoms with Gasteiger partial charge in [-0.1, -0.05) is 40.2 Å². The first kappa shape index (κ1) is 10.7. The summed E-state index contributed by atoms with van der Waals surface area (Å²) in [5.41, 5.74) is 0.684. The van der Waals surface area contributed by atoms with E-state index in [0.29, 0.717) is 5.56 Å². The maximum atomic E-state index is 11.6. The van der Waals surface area contributed by atoms with Crippen molar-refractivity contribution in [3.05, 3.63) is 46.4 Å². The van der Waals surface area contributed by atoms with Gasteiger partial charge in [0.2, 0.25) is 0 Å². The van der Waals surface area contributed by atoms with Gasteiger partial charge in [-0.25, -0.2) is 0 Å². The van der Waals surface area contributed by atoms with E-state index in [-0.39, 0.29) is 11.7 Å². The molecule has 0 aliphatic heterocycles. The maximum Gasteiger partial charge on any atom is 0.178 e. The van der Waals surface area contributed by atoms with Crippen LogP contribution in [0.4, 0.5) is 0 Å². The number of halogens is 2. The second-order valence-electron chi connectivity index (χ2n) is 3.20. The van der Waals surface area contributed by atoms with Crippen LogP contribution in [0.15, 0.2) is 40.9 Å². The second-order valence-corrected chi connectivity index (χ2v) is 4.32. The Balaban J connectivity index is 2.77. The molecule has 0 aliphatic rings. The molecule has 2 rings (SSSR count). The number of Topliss-reactive ketones (excluding diaryl/α,β-unsaturated/α-hetero) is 1. The fourth-order valence-corrected chi connectivity index (χ4v) is 2.20. The Hall–Kier alpha value is -0.860. The van der Waals surface area contributed by atoms with Crippen molar-refractivity contribution in [2.45, 2.75) is 0 Å². The van der Waals surface area contributed by atoms with Gasteiger partial charge in [0.1, 0.15) is 0 Å². The highest BCUT2D eigenvalue weighted by atomic mass is 79.9. The number of benzene rings is 2. The van der Waals surface area contributed by atoms with Crippen LogP contribution in [0.1, 0.15) is 10.4 Å². The van der Waals surface area contributed by atoms with E-state index in [4.69, 9.17) is 11.6 Å². The third-order valence-corrected chi connectivity index (χ3v) is 3.23. The zero-order chi connectivity index (χ0) is 10.8. The third-order valence-electron chi connectivity index (χ3n) is 2.29. The molecule has 0 unspecified atom stereocenters. The minimum atomic E-state index is -0.0413. The predicted octanol–water partition coefficient (Wildman–Crippen LogP) is 4.02. The molecule has 0 spiro atoms. The van der Waals surface area contributed by atoms with Gasteiger partial charge in [0, 0.05) is 10.0 Å². The minimum absolute atomic E-state index is 0.0195. The van der Waals surface area contributed by atoms with Crippen LogP contribution in [0.3, 0.4) is 0 Å². The van der Waals surface area contributed by atoms with Gasteiger partial charge < -0.3 is 0 Å². The van der Waals surface area contributed by atoms with E-state index in [0.717, 1.165) is 15.2 Å². The molecule has 2 aromatic rings. The van der Waals surface area contributed by atoms with E-state index >= 15 is 0 Å². The fraction of sp³-hybridized carbons (Fsp3) is 0.0833. The molecular formula is C12H8BrClO. The van der Waals surface area contributed by atoms with E-state index in [9.17, 15) is 4.79 Å². The number of ketones is 1. The van der Waals surface area contributed by atoms with Crippen molar-refractivity contribution in [3.63, 3.8) is 0 Å².